The summed E-state index contributed by atoms with van der Waals surface area (Å²) in [4.78, 5) is 13.5. The number of aromatic nitrogens is 1. The Bertz CT molecular complexity index is 533. The SMILES string of the molecule is Nc1cc(C2CCS(=O)(=O)C2)c[nH]c1=O. The first-order valence-electron chi connectivity index (χ1n) is 4.66. The average Bonchev–Trinajstić information content (AvgIpc) is 2.51. The maximum atomic E-state index is 11.3. The lowest BCUT2D eigenvalue weighted by atomic mass is 10.0. The van der Waals surface area contributed by atoms with Gasteiger partial charge in [0, 0.05) is 12.1 Å². The van der Waals surface area contributed by atoms with Crippen LogP contribution < -0.4 is 11.3 Å². The Balaban J connectivity index is 2.32. The van der Waals surface area contributed by atoms with E-state index in [2.05, 4.69) is 4.98 Å². The molecular weight excluding hydrogens is 216 g/mol. The highest BCUT2D eigenvalue weighted by Crippen LogP contribution is 2.28. The highest BCUT2D eigenvalue weighted by molar-refractivity contribution is 7.91. The molecule has 3 N–H and O–H groups in total. The van der Waals surface area contributed by atoms with E-state index in [1.165, 1.54) is 0 Å². The third-order valence-electron chi connectivity index (χ3n) is 2.66. The number of anilines is 1. The Morgan fingerprint density at radius 3 is 2.73 bits per heavy atom. The van der Waals surface area contributed by atoms with Crippen molar-refractivity contribution in [2.75, 3.05) is 17.2 Å². The number of nitrogen functional groups attached to an aromatic ring is 1. The third-order valence-corrected chi connectivity index (χ3v) is 4.43. The van der Waals surface area contributed by atoms with Gasteiger partial charge in [-0.2, -0.15) is 0 Å². The Morgan fingerprint density at radius 1 is 1.47 bits per heavy atom. The van der Waals surface area contributed by atoms with E-state index in [1.807, 2.05) is 0 Å². The summed E-state index contributed by atoms with van der Waals surface area (Å²) in [6.07, 6.45) is 2.15. The maximum absolute atomic E-state index is 11.3. The van der Waals surface area contributed by atoms with Crippen LogP contribution in [-0.2, 0) is 9.84 Å². The van der Waals surface area contributed by atoms with Crippen molar-refractivity contribution in [3.63, 3.8) is 0 Å². The van der Waals surface area contributed by atoms with E-state index in [1.54, 1.807) is 12.3 Å². The minimum Gasteiger partial charge on any atom is -0.394 e. The van der Waals surface area contributed by atoms with E-state index < -0.39 is 9.84 Å². The first-order valence-corrected chi connectivity index (χ1v) is 6.48. The Morgan fingerprint density at radius 2 is 2.20 bits per heavy atom. The molecule has 15 heavy (non-hydrogen) atoms. The molecule has 1 fully saturated rings. The summed E-state index contributed by atoms with van der Waals surface area (Å²) >= 11 is 0. The molecule has 6 heteroatoms. The normalized spacial score (nSPS) is 24.1. The van der Waals surface area contributed by atoms with Gasteiger partial charge in [0.15, 0.2) is 9.84 Å². The van der Waals surface area contributed by atoms with Crippen molar-refractivity contribution in [2.45, 2.75) is 12.3 Å². The van der Waals surface area contributed by atoms with Gasteiger partial charge in [0.25, 0.3) is 5.56 Å². The summed E-state index contributed by atoms with van der Waals surface area (Å²) in [5.74, 6) is 0.337. The van der Waals surface area contributed by atoms with E-state index in [-0.39, 0.29) is 28.7 Å². The molecule has 0 radical (unpaired) electrons. The molecule has 0 bridgehead atoms. The van der Waals surface area contributed by atoms with Crippen LogP contribution in [0.5, 0.6) is 0 Å². The second-order valence-electron chi connectivity index (χ2n) is 3.82. The lowest BCUT2D eigenvalue weighted by molar-refractivity contribution is 0.601. The van der Waals surface area contributed by atoms with Gasteiger partial charge >= 0.3 is 0 Å². The summed E-state index contributed by atoms with van der Waals surface area (Å²) < 4.78 is 22.5. The van der Waals surface area contributed by atoms with E-state index in [0.29, 0.717) is 6.42 Å². The molecule has 0 spiro atoms. The second-order valence-corrected chi connectivity index (χ2v) is 6.05. The van der Waals surface area contributed by atoms with Gasteiger partial charge in [-0.05, 0) is 18.1 Å². The van der Waals surface area contributed by atoms with Crippen molar-refractivity contribution in [1.82, 2.24) is 4.98 Å². The molecule has 2 rings (SSSR count). The van der Waals surface area contributed by atoms with Crippen LogP contribution in [-0.4, -0.2) is 24.9 Å². The molecule has 0 aromatic carbocycles. The summed E-state index contributed by atoms with van der Waals surface area (Å²) in [6, 6.07) is 1.56. The van der Waals surface area contributed by atoms with Gasteiger partial charge in [-0.3, -0.25) is 4.79 Å². The van der Waals surface area contributed by atoms with Crippen molar-refractivity contribution >= 4 is 15.5 Å². The molecule has 1 aromatic heterocycles. The Kier molecular flexibility index (Phi) is 2.30. The van der Waals surface area contributed by atoms with E-state index in [4.69, 9.17) is 5.73 Å². The minimum atomic E-state index is -2.90. The minimum absolute atomic E-state index is 0.0332. The Labute approximate surface area is 87.2 Å². The van der Waals surface area contributed by atoms with Crippen molar-refractivity contribution < 1.29 is 8.42 Å². The number of rotatable bonds is 1. The van der Waals surface area contributed by atoms with Crippen LogP contribution in [0, 0.1) is 0 Å². The van der Waals surface area contributed by atoms with Crippen molar-refractivity contribution in [3.8, 4) is 0 Å². The number of sulfone groups is 1. The highest BCUT2D eigenvalue weighted by Gasteiger charge is 2.29. The molecule has 2 heterocycles. The fourth-order valence-electron chi connectivity index (χ4n) is 1.81. The standard InChI is InChI=1S/C9H12N2O3S/c10-8-3-7(4-11-9(8)12)6-1-2-15(13,14)5-6/h3-4,6H,1-2,5,10H2,(H,11,12). The monoisotopic (exact) mass is 228 g/mol. The molecule has 1 aliphatic rings. The number of H-pyrrole nitrogens is 1. The molecule has 1 aliphatic heterocycles. The Hall–Kier alpha value is -1.30. The maximum Gasteiger partial charge on any atom is 0.271 e. The molecular formula is C9H12N2O3S. The van der Waals surface area contributed by atoms with E-state index in [0.717, 1.165) is 5.56 Å². The van der Waals surface area contributed by atoms with Crippen LogP contribution in [0.2, 0.25) is 0 Å². The van der Waals surface area contributed by atoms with Crippen LogP contribution >= 0.6 is 0 Å². The van der Waals surface area contributed by atoms with E-state index in [9.17, 15) is 13.2 Å². The number of aromatic amines is 1. The number of pyridine rings is 1. The van der Waals surface area contributed by atoms with Crippen LogP contribution in [0.4, 0.5) is 5.69 Å². The number of nitrogens with one attached hydrogen (secondary N) is 1. The fraction of sp³-hybridized carbons (Fsp3) is 0.444. The molecule has 1 unspecified atom stereocenters. The summed E-state index contributed by atoms with van der Waals surface area (Å²) in [6.45, 7) is 0. The largest absolute Gasteiger partial charge is 0.394 e. The van der Waals surface area contributed by atoms with Gasteiger partial charge in [0.1, 0.15) is 0 Å². The average molecular weight is 228 g/mol. The van der Waals surface area contributed by atoms with Crippen molar-refractivity contribution in [1.29, 1.82) is 0 Å². The number of hydrogen-bond acceptors (Lipinski definition) is 4. The number of hydrogen-bond donors (Lipinski definition) is 2. The summed E-state index contributed by atoms with van der Waals surface area (Å²) in [7, 11) is -2.90. The lowest BCUT2D eigenvalue weighted by Crippen LogP contribution is -2.13. The lowest BCUT2D eigenvalue weighted by Gasteiger charge is -2.07. The topological polar surface area (TPSA) is 93.0 Å². The highest BCUT2D eigenvalue weighted by atomic mass is 32.2. The molecule has 0 aliphatic carbocycles. The van der Waals surface area contributed by atoms with Crippen LogP contribution in [0.25, 0.3) is 0 Å². The molecule has 0 amide bonds. The van der Waals surface area contributed by atoms with Crippen LogP contribution in [0.15, 0.2) is 17.1 Å². The molecule has 1 atom stereocenters. The van der Waals surface area contributed by atoms with Crippen LogP contribution in [0.1, 0.15) is 17.9 Å². The van der Waals surface area contributed by atoms with Gasteiger partial charge in [-0.15, -0.1) is 0 Å². The first-order chi connectivity index (χ1) is 6.98. The summed E-state index contributed by atoms with van der Waals surface area (Å²) in [5.41, 5.74) is 6.06. The fourth-order valence-corrected chi connectivity index (χ4v) is 3.60. The van der Waals surface area contributed by atoms with Gasteiger partial charge in [-0.25, -0.2) is 8.42 Å². The molecule has 1 aromatic rings. The van der Waals surface area contributed by atoms with Crippen molar-refractivity contribution in [2.24, 2.45) is 0 Å². The van der Waals surface area contributed by atoms with Gasteiger partial charge in [0.2, 0.25) is 0 Å². The smallest absolute Gasteiger partial charge is 0.271 e. The summed E-state index contributed by atoms with van der Waals surface area (Å²) in [5, 5.41) is 0. The van der Waals surface area contributed by atoms with Gasteiger partial charge < -0.3 is 10.7 Å². The molecule has 5 nitrogen and oxygen atoms in total. The van der Waals surface area contributed by atoms with Crippen molar-refractivity contribution in [3.05, 3.63) is 28.2 Å². The zero-order chi connectivity index (χ0) is 11.1. The third kappa shape index (κ3) is 2.04. The van der Waals surface area contributed by atoms with Crippen LogP contribution in [0.3, 0.4) is 0 Å². The predicted octanol–water partition coefficient (Wildman–Crippen LogP) is -0.141. The molecule has 82 valence electrons. The zero-order valence-electron chi connectivity index (χ0n) is 8.06. The zero-order valence-corrected chi connectivity index (χ0v) is 8.88. The number of nitrogens with two attached hydrogens (primary N) is 1. The first kappa shape index (κ1) is 10.2. The second kappa shape index (κ2) is 3.37. The van der Waals surface area contributed by atoms with Gasteiger partial charge in [0.05, 0.1) is 17.2 Å². The van der Waals surface area contributed by atoms with E-state index >= 15 is 0 Å². The molecule has 1 saturated heterocycles. The quantitative estimate of drug-likeness (QED) is 0.699. The molecule has 0 saturated carbocycles. The van der Waals surface area contributed by atoms with Gasteiger partial charge in [-0.1, -0.05) is 0 Å². The predicted molar refractivity (Wildman–Crippen MR) is 57.5 cm³/mol.